The maximum absolute atomic E-state index is 13.0. The van der Waals surface area contributed by atoms with Crippen molar-refractivity contribution in [3.8, 4) is 0 Å². The summed E-state index contributed by atoms with van der Waals surface area (Å²) in [7, 11) is 8.08. The first-order valence-corrected chi connectivity index (χ1v) is 13.8. The molecule has 1 heterocycles. The summed E-state index contributed by atoms with van der Waals surface area (Å²) in [5.41, 5.74) is 6.41. The first kappa shape index (κ1) is 28.9. The molecule has 0 aromatic heterocycles. The van der Waals surface area contributed by atoms with E-state index < -0.39 is 11.9 Å². The molecule has 0 saturated carbocycles. The van der Waals surface area contributed by atoms with E-state index in [9.17, 15) is 14.7 Å². The average molecular weight is 572 g/mol. The van der Waals surface area contributed by atoms with Gasteiger partial charge in [-0.3, -0.25) is 4.79 Å². The Morgan fingerprint density at radius 3 is 1.63 bits per heavy atom. The number of carboxylic acid groups (broad SMARTS) is 1. The van der Waals surface area contributed by atoms with Crippen molar-refractivity contribution in [2.24, 2.45) is 5.10 Å². The monoisotopic (exact) mass is 571 g/mol. The van der Waals surface area contributed by atoms with Crippen molar-refractivity contribution in [2.45, 2.75) is 0 Å². The van der Waals surface area contributed by atoms with Crippen molar-refractivity contribution in [1.82, 2.24) is 0 Å². The van der Waals surface area contributed by atoms with Gasteiger partial charge < -0.3 is 19.8 Å². The minimum absolute atomic E-state index is 0.0257. The van der Waals surface area contributed by atoms with Crippen molar-refractivity contribution < 1.29 is 14.7 Å². The summed E-state index contributed by atoms with van der Waals surface area (Å²) in [6, 6.07) is 33.6. The number of rotatable bonds is 9. The van der Waals surface area contributed by atoms with Gasteiger partial charge in [-0.25, -0.2) is 4.79 Å². The zero-order chi connectivity index (χ0) is 30.5. The Hall–Kier alpha value is -5.63. The molecule has 0 aliphatic carbocycles. The number of allylic oxidation sites excluding steroid dienone is 2. The van der Waals surface area contributed by atoms with Gasteiger partial charge in [0.05, 0.1) is 11.3 Å². The van der Waals surface area contributed by atoms with Gasteiger partial charge in [0, 0.05) is 56.6 Å². The van der Waals surface area contributed by atoms with E-state index in [1.54, 1.807) is 30.3 Å². The highest BCUT2D eigenvalue weighted by Gasteiger charge is 2.34. The maximum Gasteiger partial charge on any atom is 0.357 e. The highest BCUT2D eigenvalue weighted by molar-refractivity contribution is 6.52. The molecule has 0 fully saturated rings. The van der Waals surface area contributed by atoms with E-state index in [1.807, 2.05) is 64.6 Å². The standard InChI is InChI=1S/C35H33N5O3/c1-37(2)26-17-21-29(22-18-26)39(30-23-19-27(20-24-30)38(3)4)28-15-13-25(14-16-28)9-8-12-32-33(35(42)43)36-40(34(32)41)31-10-6-5-7-11-31/h5-24H,1-4H3,(H,42,43)/b9-8+,32-12-. The highest BCUT2D eigenvalue weighted by Crippen LogP contribution is 2.36. The lowest BCUT2D eigenvalue weighted by Crippen LogP contribution is -2.22. The Labute approximate surface area is 251 Å². The average Bonchev–Trinajstić information content (AvgIpc) is 3.35. The third-order valence-corrected chi connectivity index (χ3v) is 7.03. The number of hydrogen-bond donors (Lipinski definition) is 1. The van der Waals surface area contributed by atoms with Crippen LogP contribution in [0.15, 0.2) is 126 Å². The van der Waals surface area contributed by atoms with Crippen LogP contribution in [-0.4, -0.2) is 50.9 Å². The Morgan fingerprint density at radius 1 is 0.698 bits per heavy atom. The second kappa shape index (κ2) is 12.5. The summed E-state index contributed by atoms with van der Waals surface area (Å²) in [4.78, 5) is 31.2. The van der Waals surface area contributed by atoms with Crippen LogP contribution in [0.1, 0.15) is 5.56 Å². The smallest absolute Gasteiger partial charge is 0.357 e. The Bertz CT molecular complexity index is 1640. The number of para-hydroxylation sites is 1. The summed E-state index contributed by atoms with van der Waals surface area (Å²) >= 11 is 0. The molecule has 0 unspecified atom stereocenters. The lowest BCUT2D eigenvalue weighted by Gasteiger charge is -2.27. The zero-order valence-corrected chi connectivity index (χ0v) is 24.5. The molecule has 0 saturated heterocycles. The summed E-state index contributed by atoms with van der Waals surface area (Å²) in [5, 5.41) is 14.8. The molecule has 1 aliphatic rings. The van der Waals surface area contributed by atoms with Gasteiger partial charge in [-0.15, -0.1) is 0 Å². The number of nitrogens with zero attached hydrogens (tertiary/aromatic N) is 5. The van der Waals surface area contributed by atoms with Crippen molar-refractivity contribution >= 4 is 57.8 Å². The number of carboxylic acids is 1. The van der Waals surface area contributed by atoms with Gasteiger partial charge in [-0.05, 0) is 84.4 Å². The fourth-order valence-electron chi connectivity index (χ4n) is 4.70. The predicted molar refractivity (Wildman–Crippen MR) is 176 cm³/mol. The molecule has 43 heavy (non-hydrogen) atoms. The second-order valence-electron chi connectivity index (χ2n) is 10.4. The van der Waals surface area contributed by atoms with Crippen LogP contribution in [0.3, 0.4) is 0 Å². The summed E-state index contributed by atoms with van der Waals surface area (Å²) < 4.78 is 0. The number of hydrogen-bond acceptors (Lipinski definition) is 6. The number of amides is 1. The molecule has 0 radical (unpaired) electrons. The lowest BCUT2D eigenvalue weighted by molar-refractivity contribution is -0.129. The molecule has 0 atom stereocenters. The molecule has 216 valence electrons. The van der Waals surface area contributed by atoms with Crippen LogP contribution in [0, 0.1) is 0 Å². The molecule has 1 aliphatic heterocycles. The van der Waals surface area contributed by atoms with E-state index in [-0.39, 0.29) is 11.3 Å². The van der Waals surface area contributed by atoms with E-state index in [4.69, 9.17) is 0 Å². The third kappa shape index (κ3) is 6.33. The fraction of sp³-hybridized carbons (Fsp3) is 0.114. The van der Waals surface area contributed by atoms with Crippen LogP contribution in [0.5, 0.6) is 0 Å². The molecule has 8 nitrogen and oxygen atoms in total. The first-order chi connectivity index (χ1) is 20.7. The molecule has 4 aromatic carbocycles. The van der Waals surface area contributed by atoms with Crippen molar-refractivity contribution in [2.75, 3.05) is 47.9 Å². The second-order valence-corrected chi connectivity index (χ2v) is 10.4. The van der Waals surface area contributed by atoms with E-state index in [0.29, 0.717) is 5.69 Å². The molecule has 0 spiro atoms. The number of benzene rings is 4. The number of hydrazone groups is 1. The molecule has 4 aromatic rings. The Kier molecular flexibility index (Phi) is 8.39. The summed E-state index contributed by atoms with van der Waals surface area (Å²) in [5.74, 6) is -1.74. The quantitative estimate of drug-likeness (QED) is 0.225. The van der Waals surface area contributed by atoms with Crippen molar-refractivity contribution in [3.63, 3.8) is 0 Å². The van der Waals surface area contributed by atoms with Gasteiger partial charge in [0.1, 0.15) is 0 Å². The van der Waals surface area contributed by atoms with Crippen LogP contribution in [0.25, 0.3) is 6.08 Å². The predicted octanol–water partition coefficient (Wildman–Crippen LogP) is 6.72. The van der Waals surface area contributed by atoms with Gasteiger partial charge >= 0.3 is 5.97 Å². The SMILES string of the molecule is CN(C)c1ccc(N(c2ccc(/C=C/C=C3\C(=O)N(c4ccccc4)N=C3C(=O)O)cc2)c2ccc(N(C)C)cc2)cc1. The molecule has 8 heteroatoms. The van der Waals surface area contributed by atoms with Crippen LogP contribution in [0.2, 0.25) is 0 Å². The number of anilines is 6. The highest BCUT2D eigenvalue weighted by atomic mass is 16.4. The van der Waals surface area contributed by atoms with Crippen LogP contribution >= 0.6 is 0 Å². The van der Waals surface area contributed by atoms with Crippen LogP contribution < -0.4 is 19.7 Å². The van der Waals surface area contributed by atoms with Gasteiger partial charge in [-0.2, -0.15) is 10.1 Å². The fourth-order valence-corrected chi connectivity index (χ4v) is 4.70. The molecule has 0 bridgehead atoms. The summed E-state index contributed by atoms with van der Waals surface area (Å²) in [6.07, 6.45) is 5.00. The van der Waals surface area contributed by atoms with Gasteiger partial charge in [0.2, 0.25) is 0 Å². The van der Waals surface area contributed by atoms with Gasteiger partial charge in [-0.1, -0.05) is 42.5 Å². The Morgan fingerprint density at radius 2 is 1.16 bits per heavy atom. The largest absolute Gasteiger partial charge is 0.476 e. The number of carbonyl (C=O) groups is 2. The third-order valence-electron chi connectivity index (χ3n) is 7.03. The Balaban J connectivity index is 1.41. The van der Waals surface area contributed by atoms with Crippen LogP contribution in [0.4, 0.5) is 34.1 Å². The minimum atomic E-state index is -1.26. The number of aliphatic carboxylic acids is 1. The van der Waals surface area contributed by atoms with E-state index in [2.05, 4.69) is 68.3 Å². The molecule has 1 N–H and O–H groups in total. The molecular weight excluding hydrogens is 538 g/mol. The maximum atomic E-state index is 13.0. The van der Waals surface area contributed by atoms with E-state index in [1.165, 1.54) is 6.08 Å². The summed E-state index contributed by atoms with van der Waals surface area (Å²) in [6.45, 7) is 0. The molecule has 5 rings (SSSR count). The zero-order valence-electron chi connectivity index (χ0n) is 24.5. The number of carbonyl (C=O) groups excluding carboxylic acids is 1. The van der Waals surface area contributed by atoms with Gasteiger partial charge in [0.25, 0.3) is 5.91 Å². The van der Waals surface area contributed by atoms with Crippen molar-refractivity contribution in [1.29, 1.82) is 0 Å². The topological polar surface area (TPSA) is 79.7 Å². The van der Waals surface area contributed by atoms with Gasteiger partial charge in [0.15, 0.2) is 5.71 Å². The molecule has 1 amide bonds. The van der Waals surface area contributed by atoms with E-state index in [0.717, 1.165) is 39.0 Å². The minimum Gasteiger partial charge on any atom is -0.476 e. The first-order valence-electron chi connectivity index (χ1n) is 13.8. The lowest BCUT2D eigenvalue weighted by atomic mass is 10.1. The van der Waals surface area contributed by atoms with E-state index >= 15 is 0 Å². The normalized spacial score (nSPS) is 13.9. The molecular formula is C35H33N5O3. The van der Waals surface area contributed by atoms with Crippen molar-refractivity contribution in [3.05, 3.63) is 126 Å². The van der Waals surface area contributed by atoms with Crippen LogP contribution in [-0.2, 0) is 9.59 Å².